The second-order valence-corrected chi connectivity index (χ2v) is 4.93. The van der Waals surface area contributed by atoms with Crippen molar-refractivity contribution in [3.8, 4) is 0 Å². The molecular formula is C12H9BrF3N3O. The van der Waals surface area contributed by atoms with Gasteiger partial charge in [0, 0.05) is 17.7 Å². The van der Waals surface area contributed by atoms with E-state index in [0.717, 1.165) is 12.1 Å². The Morgan fingerprint density at radius 1 is 1.40 bits per heavy atom. The van der Waals surface area contributed by atoms with E-state index in [-0.39, 0.29) is 11.4 Å². The molecule has 0 spiro atoms. The van der Waals surface area contributed by atoms with Gasteiger partial charge >= 0.3 is 6.18 Å². The molecule has 0 saturated carbocycles. The Balaban J connectivity index is 2.27. The smallest absolute Gasteiger partial charge is 0.340 e. The molecule has 2 rings (SSSR count). The third-order valence-corrected chi connectivity index (χ3v) is 3.17. The first-order valence-electron chi connectivity index (χ1n) is 5.43. The Kier molecular flexibility index (Phi) is 3.85. The fourth-order valence-electron chi connectivity index (χ4n) is 1.51. The Labute approximate surface area is 120 Å². The molecule has 1 aromatic heterocycles. The summed E-state index contributed by atoms with van der Waals surface area (Å²) in [5, 5.41) is 2.39. The molecular weight excluding hydrogens is 339 g/mol. The van der Waals surface area contributed by atoms with Gasteiger partial charge in [-0.1, -0.05) is 0 Å². The van der Waals surface area contributed by atoms with Gasteiger partial charge in [0.1, 0.15) is 5.69 Å². The van der Waals surface area contributed by atoms with Gasteiger partial charge in [-0.3, -0.25) is 4.79 Å². The number of rotatable bonds is 2. The maximum absolute atomic E-state index is 12.6. The summed E-state index contributed by atoms with van der Waals surface area (Å²) in [6, 6.07) is 3.03. The van der Waals surface area contributed by atoms with E-state index in [2.05, 4.69) is 26.2 Å². The SMILES string of the molecule is Cn1cnc(C(=O)Nc2cc(C(F)(F)F)ccc2Br)c1. The summed E-state index contributed by atoms with van der Waals surface area (Å²) in [7, 11) is 1.68. The van der Waals surface area contributed by atoms with Gasteiger partial charge in [-0.15, -0.1) is 0 Å². The molecule has 1 N–H and O–H groups in total. The highest BCUT2D eigenvalue weighted by molar-refractivity contribution is 9.10. The van der Waals surface area contributed by atoms with Gasteiger partial charge in [-0.2, -0.15) is 13.2 Å². The first-order chi connectivity index (χ1) is 9.27. The van der Waals surface area contributed by atoms with Gasteiger partial charge in [-0.25, -0.2) is 4.98 Å². The Bertz CT molecular complexity index is 652. The average molecular weight is 348 g/mol. The van der Waals surface area contributed by atoms with Crippen molar-refractivity contribution in [2.45, 2.75) is 6.18 Å². The van der Waals surface area contributed by atoms with Crippen LogP contribution in [-0.2, 0) is 13.2 Å². The first kappa shape index (κ1) is 14.6. The summed E-state index contributed by atoms with van der Waals surface area (Å²) in [6.45, 7) is 0. The van der Waals surface area contributed by atoms with Crippen LogP contribution in [0, 0.1) is 0 Å². The number of nitrogens with zero attached hydrogens (tertiary/aromatic N) is 2. The number of alkyl halides is 3. The molecule has 20 heavy (non-hydrogen) atoms. The number of benzene rings is 1. The number of hydrogen-bond donors (Lipinski definition) is 1. The fourth-order valence-corrected chi connectivity index (χ4v) is 1.86. The predicted octanol–water partition coefficient (Wildman–Crippen LogP) is 3.45. The molecule has 0 unspecified atom stereocenters. The van der Waals surface area contributed by atoms with E-state index in [0.29, 0.717) is 4.47 Å². The zero-order chi connectivity index (χ0) is 14.9. The Hall–Kier alpha value is -1.83. The maximum Gasteiger partial charge on any atom is 0.416 e. The molecule has 0 atom stereocenters. The van der Waals surface area contributed by atoms with Gasteiger partial charge in [0.25, 0.3) is 5.91 Å². The van der Waals surface area contributed by atoms with Gasteiger partial charge in [-0.05, 0) is 34.1 Å². The number of halogens is 4. The van der Waals surface area contributed by atoms with Crippen molar-refractivity contribution in [1.82, 2.24) is 9.55 Å². The van der Waals surface area contributed by atoms with Crippen molar-refractivity contribution in [3.63, 3.8) is 0 Å². The number of carbonyl (C=O) groups excluding carboxylic acids is 1. The third kappa shape index (κ3) is 3.19. The van der Waals surface area contributed by atoms with Gasteiger partial charge in [0.15, 0.2) is 0 Å². The number of amides is 1. The summed E-state index contributed by atoms with van der Waals surface area (Å²) in [5.41, 5.74) is -0.677. The van der Waals surface area contributed by atoms with E-state index in [4.69, 9.17) is 0 Å². The summed E-state index contributed by atoms with van der Waals surface area (Å²) in [6.07, 6.45) is -1.57. The van der Waals surface area contributed by atoms with Gasteiger partial charge < -0.3 is 9.88 Å². The molecule has 4 nitrogen and oxygen atoms in total. The van der Waals surface area contributed by atoms with Crippen LogP contribution in [0.15, 0.2) is 35.2 Å². The minimum atomic E-state index is -4.47. The Morgan fingerprint density at radius 2 is 2.10 bits per heavy atom. The maximum atomic E-state index is 12.6. The highest BCUT2D eigenvalue weighted by Gasteiger charge is 2.31. The number of carbonyl (C=O) groups is 1. The standard InChI is InChI=1S/C12H9BrF3N3O/c1-19-5-10(17-6-19)11(20)18-9-4-7(12(14,15)16)2-3-8(9)13/h2-6H,1H3,(H,18,20). The van der Waals surface area contributed by atoms with Crippen molar-refractivity contribution in [2.75, 3.05) is 5.32 Å². The largest absolute Gasteiger partial charge is 0.416 e. The van der Waals surface area contributed by atoms with Crippen LogP contribution in [0.3, 0.4) is 0 Å². The molecule has 0 bridgehead atoms. The topological polar surface area (TPSA) is 46.9 Å². The average Bonchev–Trinajstić information content (AvgIpc) is 2.77. The number of nitrogens with one attached hydrogen (secondary N) is 1. The zero-order valence-electron chi connectivity index (χ0n) is 10.2. The van der Waals surface area contributed by atoms with Crippen molar-refractivity contribution in [3.05, 3.63) is 46.5 Å². The zero-order valence-corrected chi connectivity index (χ0v) is 11.8. The van der Waals surface area contributed by atoms with Crippen LogP contribution in [0.4, 0.5) is 18.9 Å². The van der Waals surface area contributed by atoms with E-state index in [1.165, 1.54) is 18.6 Å². The fraction of sp³-hybridized carbons (Fsp3) is 0.167. The quantitative estimate of drug-likeness (QED) is 0.904. The van der Waals surface area contributed by atoms with Gasteiger partial charge in [0.05, 0.1) is 17.6 Å². The monoisotopic (exact) mass is 347 g/mol. The molecule has 8 heteroatoms. The second-order valence-electron chi connectivity index (χ2n) is 4.07. The van der Waals surface area contributed by atoms with E-state index in [1.807, 2.05) is 0 Å². The third-order valence-electron chi connectivity index (χ3n) is 2.48. The lowest BCUT2D eigenvalue weighted by Crippen LogP contribution is -2.14. The van der Waals surface area contributed by atoms with Gasteiger partial charge in [0.2, 0.25) is 0 Å². The molecule has 0 radical (unpaired) electrons. The molecule has 0 saturated heterocycles. The van der Waals surface area contributed by atoms with Crippen LogP contribution in [0.25, 0.3) is 0 Å². The van der Waals surface area contributed by atoms with Crippen molar-refractivity contribution in [2.24, 2.45) is 7.05 Å². The van der Waals surface area contributed by atoms with E-state index in [1.54, 1.807) is 11.6 Å². The van der Waals surface area contributed by atoms with Crippen LogP contribution >= 0.6 is 15.9 Å². The summed E-state index contributed by atoms with van der Waals surface area (Å²) in [5.74, 6) is -0.578. The van der Waals surface area contributed by atoms with Crippen LogP contribution < -0.4 is 5.32 Å². The molecule has 1 heterocycles. The van der Waals surface area contributed by atoms with Crippen LogP contribution in [0.2, 0.25) is 0 Å². The predicted molar refractivity (Wildman–Crippen MR) is 70.3 cm³/mol. The normalized spacial score (nSPS) is 11.4. The molecule has 0 aliphatic rings. The minimum Gasteiger partial charge on any atom is -0.340 e. The molecule has 106 valence electrons. The highest BCUT2D eigenvalue weighted by Crippen LogP contribution is 2.34. The molecule has 2 aromatic rings. The lowest BCUT2D eigenvalue weighted by atomic mass is 10.2. The van der Waals surface area contributed by atoms with Crippen molar-refractivity contribution < 1.29 is 18.0 Å². The van der Waals surface area contributed by atoms with Crippen LogP contribution in [0.5, 0.6) is 0 Å². The lowest BCUT2D eigenvalue weighted by molar-refractivity contribution is -0.137. The number of aryl methyl sites for hydroxylation is 1. The second kappa shape index (κ2) is 5.28. The number of hydrogen-bond acceptors (Lipinski definition) is 2. The van der Waals surface area contributed by atoms with Crippen molar-refractivity contribution >= 4 is 27.5 Å². The van der Waals surface area contributed by atoms with E-state index < -0.39 is 17.6 Å². The first-order valence-corrected chi connectivity index (χ1v) is 6.23. The summed E-state index contributed by atoms with van der Waals surface area (Å²) < 4.78 is 39.8. The van der Waals surface area contributed by atoms with Crippen molar-refractivity contribution in [1.29, 1.82) is 0 Å². The van der Waals surface area contributed by atoms with E-state index >= 15 is 0 Å². The molecule has 0 aliphatic carbocycles. The molecule has 1 amide bonds. The summed E-state index contributed by atoms with van der Waals surface area (Å²) in [4.78, 5) is 15.7. The van der Waals surface area contributed by atoms with Crippen LogP contribution in [0.1, 0.15) is 16.1 Å². The molecule has 0 aliphatic heterocycles. The van der Waals surface area contributed by atoms with Crippen LogP contribution in [-0.4, -0.2) is 15.5 Å². The molecule has 0 fully saturated rings. The summed E-state index contributed by atoms with van der Waals surface area (Å²) >= 11 is 3.10. The number of anilines is 1. The molecule has 1 aromatic carbocycles. The minimum absolute atomic E-state index is 0.0375. The van der Waals surface area contributed by atoms with E-state index in [9.17, 15) is 18.0 Å². The number of aromatic nitrogens is 2. The number of imidazole rings is 1. The lowest BCUT2D eigenvalue weighted by Gasteiger charge is -2.11. The Morgan fingerprint density at radius 3 is 2.65 bits per heavy atom. The highest BCUT2D eigenvalue weighted by atomic mass is 79.9.